The van der Waals surface area contributed by atoms with Crippen LogP contribution in [0.2, 0.25) is 0 Å². The van der Waals surface area contributed by atoms with Crippen molar-refractivity contribution in [2.75, 3.05) is 24.5 Å². The first-order valence-electron chi connectivity index (χ1n) is 6.18. The third kappa shape index (κ3) is 2.53. The van der Waals surface area contributed by atoms with Gasteiger partial charge in [-0.15, -0.1) is 0 Å². The van der Waals surface area contributed by atoms with E-state index in [4.69, 9.17) is 5.73 Å². The Morgan fingerprint density at radius 3 is 2.81 bits per heavy atom. The zero-order valence-corrected chi connectivity index (χ0v) is 10.0. The number of aryl methyl sites for hydroxylation is 1. The smallest absolute Gasteiger partial charge is 0.131 e. The largest absolute Gasteiger partial charge is 0.356 e. The molecule has 0 bridgehead atoms. The van der Waals surface area contributed by atoms with Gasteiger partial charge < -0.3 is 10.6 Å². The Labute approximate surface area is 97.7 Å². The van der Waals surface area contributed by atoms with Crippen LogP contribution in [0.5, 0.6) is 0 Å². The quantitative estimate of drug-likeness (QED) is 0.845. The van der Waals surface area contributed by atoms with Gasteiger partial charge in [0.1, 0.15) is 5.82 Å². The molecule has 0 aliphatic carbocycles. The van der Waals surface area contributed by atoms with E-state index in [9.17, 15) is 0 Å². The van der Waals surface area contributed by atoms with Crippen LogP contribution in [0.15, 0.2) is 18.3 Å². The minimum atomic E-state index is 0.824. The molecule has 16 heavy (non-hydrogen) atoms. The van der Waals surface area contributed by atoms with Gasteiger partial charge in [0.2, 0.25) is 0 Å². The van der Waals surface area contributed by atoms with Crippen LogP contribution in [0.1, 0.15) is 24.8 Å². The van der Waals surface area contributed by atoms with Crippen LogP contribution in [0.3, 0.4) is 0 Å². The van der Waals surface area contributed by atoms with Crippen molar-refractivity contribution < 1.29 is 0 Å². The Morgan fingerprint density at radius 2 is 2.19 bits per heavy atom. The normalized spacial score (nSPS) is 17.8. The monoisotopic (exact) mass is 219 g/mol. The maximum atomic E-state index is 5.60. The van der Waals surface area contributed by atoms with Gasteiger partial charge in [-0.05, 0) is 50.3 Å². The summed E-state index contributed by atoms with van der Waals surface area (Å²) in [7, 11) is 0. The number of aromatic nitrogens is 1. The Hall–Kier alpha value is -1.09. The fourth-order valence-electron chi connectivity index (χ4n) is 2.48. The Bertz CT molecular complexity index is 330. The first-order valence-corrected chi connectivity index (χ1v) is 6.18. The number of piperidine rings is 1. The van der Waals surface area contributed by atoms with Gasteiger partial charge in [-0.2, -0.15) is 0 Å². The number of pyridine rings is 1. The molecule has 3 heteroatoms. The van der Waals surface area contributed by atoms with Crippen LogP contribution in [-0.4, -0.2) is 24.6 Å². The molecule has 0 saturated carbocycles. The lowest BCUT2D eigenvalue weighted by molar-refractivity contribution is 0.385. The molecule has 2 heterocycles. The van der Waals surface area contributed by atoms with E-state index in [-0.39, 0.29) is 0 Å². The zero-order valence-electron chi connectivity index (χ0n) is 10.0. The van der Waals surface area contributed by atoms with Crippen molar-refractivity contribution in [3.8, 4) is 0 Å². The number of nitrogens with two attached hydrogens (primary N) is 1. The molecule has 0 unspecified atom stereocenters. The van der Waals surface area contributed by atoms with E-state index in [2.05, 4.69) is 22.9 Å². The second-order valence-corrected chi connectivity index (χ2v) is 4.65. The van der Waals surface area contributed by atoms with E-state index in [1.165, 1.54) is 24.8 Å². The molecule has 1 saturated heterocycles. The van der Waals surface area contributed by atoms with Crippen molar-refractivity contribution in [3.05, 3.63) is 23.9 Å². The molecule has 1 aliphatic rings. The van der Waals surface area contributed by atoms with Gasteiger partial charge >= 0.3 is 0 Å². The zero-order chi connectivity index (χ0) is 11.4. The number of nitrogens with zero attached hydrogens (tertiary/aromatic N) is 2. The highest BCUT2D eigenvalue weighted by atomic mass is 15.2. The highest BCUT2D eigenvalue weighted by molar-refractivity contribution is 5.46. The van der Waals surface area contributed by atoms with Crippen molar-refractivity contribution in [2.45, 2.75) is 26.2 Å². The lowest BCUT2D eigenvalue weighted by Crippen LogP contribution is -2.35. The van der Waals surface area contributed by atoms with E-state index in [1.807, 2.05) is 12.3 Å². The van der Waals surface area contributed by atoms with Crippen molar-refractivity contribution in [3.63, 3.8) is 0 Å². The molecule has 3 nitrogen and oxygen atoms in total. The van der Waals surface area contributed by atoms with E-state index < -0.39 is 0 Å². The van der Waals surface area contributed by atoms with Crippen molar-refractivity contribution in [1.29, 1.82) is 0 Å². The van der Waals surface area contributed by atoms with Crippen LogP contribution in [0.25, 0.3) is 0 Å². The van der Waals surface area contributed by atoms with E-state index in [1.54, 1.807) is 0 Å². The minimum absolute atomic E-state index is 0.824. The average Bonchev–Trinajstić information content (AvgIpc) is 2.31. The molecule has 1 aromatic rings. The molecular formula is C13H21N3. The van der Waals surface area contributed by atoms with Gasteiger partial charge in [-0.25, -0.2) is 4.98 Å². The Morgan fingerprint density at radius 1 is 1.44 bits per heavy atom. The van der Waals surface area contributed by atoms with E-state index in [0.717, 1.165) is 31.4 Å². The summed E-state index contributed by atoms with van der Waals surface area (Å²) in [5.41, 5.74) is 6.88. The van der Waals surface area contributed by atoms with Crippen molar-refractivity contribution in [2.24, 2.45) is 11.7 Å². The third-order valence-corrected chi connectivity index (χ3v) is 3.47. The number of rotatable bonds is 3. The minimum Gasteiger partial charge on any atom is -0.356 e. The fraction of sp³-hybridized carbons (Fsp3) is 0.615. The van der Waals surface area contributed by atoms with Crippen LogP contribution in [0, 0.1) is 12.8 Å². The van der Waals surface area contributed by atoms with Gasteiger partial charge in [0.05, 0.1) is 0 Å². The van der Waals surface area contributed by atoms with Crippen LogP contribution in [-0.2, 0) is 0 Å². The van der Waals surface area contributed by atoms with Gasteiger partial charge in [0, 0.05) is 19.3 Å². The molecular weight excluding hydrogens is 198 g/mol. The number of hydrogen-bond donors (Lipinski definition) is 1. The van der Waals surface area contributed by atoms with E-state index >= 15 is 0 Å². The summed E-state index contributed by atoms with van der Waals surface area (Å²) >= 11 is 0. The highest BCUT2D eigenvalue weighted by Crippen LogP contribution is 2.25. The van der Waals surface area contributed by atoms with Crippen molar-refractivity contribution in [1.82, 2.24) is 4.98 Å². The summed E-state index contributed by atoms with van der Waals surface area (Å²) in [6.45, 7) is 5.21. The lowest BCUT2D eigenvalue weighted by Gasteiger charge is -2.33. The maximum absolute atomic E-state index is 5.60. The first kappa shape index (κ1) is 11.4. The van der Waals surface area contributed by atoms with Crippen LogP contribution in [0.4, 0.5) is 5.82 Å². The number of anilines is 1. The molecule has 88 valence electrons. The van der Waals surface area contributed by atoms with Gasteiger partial charge in [0.15, 0.2) is 0 Å². The van der Waals surface area contributed by atoms with Gasteiger partial charge in [-0.1, -0.05) is 6.07 Å². The third-order valence-electron chi connectivity index (χ3n) is 3.47. The second-order valence-electron chi connectivity index (χ2n) is 4.65. The average molecular weight is 219 g/mol. The Kier molecular flexibility index (Phi) is 3.78. The standard InChI is InChI=1S/C13H21N3/c1-11-3-2-8-15-13(11)16-9-5-12(4-7-14)6-10-16/h2-3,8,12H,4-7,9-10,14H2,1H3. The molecule has 2 N–H and O–H groups in total. The van der Waals surface area contributed by atoms with Gasteiger partial charge in [-0.3, -0.25) is 0 Å². The molecule has 1 fully saturated rings. The summed E-state index contributed by atoms with van der Waals surface area (Å²) in [6, 6.07) is 4.13. The summed E-state index contributed by atoms with van der Waals surface area (Å²) < 4.78 is 0. The Balaban J connectivity index is 1.96. The highest BCUT2D eigenvalue weighted by Gasteiger charge is 2.20. The molecule has 0 amide bonds. The van der Waals surface area contributed by atoms with Gasteiger partial charge in [0.25, 0.3) is 0 Å². The van der Waals surface area contributed by atoms with Crippen LogP contribution >= 0.6 is 0 Å². The molecule has 0 spiro atoms. The molecule has 0 atom stereocenters. The molecule has 0 aromatic carbocycles. The summed E-state index contributed by atoms with van der Waals surface area (Å²) in [5.74, 6) is 1.99. The maximum Gasteiger partial charge on any atom is 0.131 e. The number of hydrogen-bond acceptors (Lipinski definition) is 3. The van der Waals surface area contributed by atoms with Crippen molar-refractivity contribution >= 4 is 5.82 Å². The summed E-state index contributed by atoms with van der Waals surface area (Å²) in [6.07, 6.45) is 5.57. The molecule has 2 rings (SSSR count). The molecule has 1 aromatic heterocycles. The molecule has 1 aliphatic heterocycles. The fourth-order valence-corrected chi connectivity index (χ4v) is 2.48. The first-order chi connectivity index (χ1) is 7.81. The SMILES string of the molecule is Cc1cccnc1N1CCC(CCN)CC1. The predicted octanol–water partition coefficient (Wildman–Crippen LogP) is 1.96. The summed E-state index contributed by atoms with van der Waals surface area (Å²) in [5, 5.41) is 0. The second kappa shape index (κ2) is 5.30. The summed E-state index contributed by atoms with van der Waals surface area (Å²) in [4.78, 5) is 6.88. The van der Waals surface area contributed by atoms with E-state index in [0.29, 0.717) is 0 Å². The topological polar surface area (TPSA) is 42.2 Å². The molecule has 0 radical (unpaired) electrons. The predicted molar refractivity (Wildman–Crippen MR) is 67.6 cm³/mol. The van der Waals surface area contributed by atoms with Crippen LogP contribution < -0.4 is 10.6 Å². The lowest BCUT2D eigenvalue weighted by atomic mass is 9.93.